The highest BCUT2D eigenvalue weighted by atomic mass is 32.1. The van der Waals surface area contributed by atoms with E-state index in [2.05, 4.69) is 39.8 Å². The van der Waals surface area contributed by atoms with Crippen molar-refractivity contribution in [1.29, 1.82) is 0 Å². The average molecular weight is 256 g/mol. The number of fused-ring (bicyclic) bond motifs is 3. The molecule has 3 heterocycles. The van der Waals surface area contributed by atoms with Crippen LogP contribution in [0.4, 0.5) is 0 Å². The maximum absolute atomic E-state index is 5.73. The molecule has 1 aromatic heterocycles. The summed E-state index contributed by atoms with van der Waals surface area (Å²) in [7, 11) is 0. The number of hydrazone groups is 1. The highest BCUT2D eigenvalue weighted by Crippen LogP contribution is 2.40. The largest absolute Gasteiger partial charge is 0.471 e. The molecule has 2 aliphatic heterocycles. The summed E-state index contributed by atoms with van der Waals surface area (Å²) in [4.78, 5) is 1.27. The van der Waals surface area contributed by atoms with Gasteiger partial charge in [0.1, 0.15) is 5.75 Å². The molecule has 0 aliphatic carbocycles. The number of ether oxygens (including phenoxy) is 1. The zero-order valence-electron chi connectivity index (χ0n) is 9.74. The Hall–Kier alpha value is -1.81. The third-order valence-electron chi connectivity index (χ3n) is 3.43. The Kier molecular flexibility index (Phi) is 2.17. The van der Waals surface area contributed by atoms with E-state index in [9.17, 15) is 0 Å². The normalized spacial score (nSPS) is 21.0. The highest BCUT2D eigenvalue weighted by molar-refractivity contribution is 7.12. The zero-order valence-corrected chi connectivity index (χ0v) is 10.6. The molecule has 2 aliphatic rings. The van der Waals surface area contributed by atoms with Crippen LogP contribution >= 0.6 is 11.3 Å². The fourth-order valence-corrected chi connectivity index (χ4v) is 3.28. The monoisotopic (exact) mass is 256 g/mol. The number of para-hydroxylation sites is 1. The standard InChI is InChI=1S/C14H12N2OS/c1-2-5-13-10(4-1)12-8-11(14-6-3-7-18-14)15-16(12)9-17-13/h1-7,12H,8-9H2/t12-/m1/s1. The molecule has 1 aromatic carbocycles. The van der Waals surface area contributed by atoms with Gasteiger partial charge in [0.25, 0.3) is 0 Å². The van der Waals surface area contributed by atoms with Crippen LogP contribution in [0.5, 0.6) is 5.75 Å². The van der Waals surface area contributed by atoms with Gasteiger partial charge in [0.2, 0.25) is 0 Å². The Morgan fingerprint density at radius 2 is 2.17 bits per heavy atom. The first-order chi connectivity index (χ1) is 8.92. The van der Waals surface area contributed by atoms with Crippen LogP contribution in [0.1, 0.15) is 22.9 Å². The molecule has 0 saturated carbocycles. The molecule has 0 amide bonds. The van der Waals surface area contributed by atoms with E-state index in [0.29, 0.717) is 12.8 Å². The number of thiophene rings is 1. The Labute approximate surface area is 109 Å². The molecule has 4 rings (SSSR count). The van der Waals surface area contributed by atoms with Crippen LogP contribution in [-0.2, 0) is 0 Å². The number of rotatable bonds is 1. The molecule has 2 aromatic rings. The lowest BCUT2D eigenvalue weighted by atomic mass is 10.00. The lowest BCUT2D eigenvalue weighted by molar-refractivity contribution is 0.0750. The van der Waals surface area contributed by atoms with Crippen LogP contribution in [0, 0.1) is 0 Å². The van der Waals surface area contributed by atoms with Crippen molar-refractivity contribution >= 4 is 17.0 Å². The third-order valence-corrected chi connectivity index (χ3v) is 4.35. The fourth-order valence-electron chi connectivity index (χ4n) is 2.56. The van der Waals surface area contributed by atoms with Gasteiger partial charge in [-0.1, -0.05) is 24.3 Å². The van der Waals surface area contributed by atoms with Gasteiger partial charge in [-0.05, 0) is 17.5 Å². The molecular weight excluding hydrogens is 244 g/mol. The van der Waals surface area contributed by atoms with E-state index in [1.807, 2.05) is 12.1 Å². The van der Waals surface area contributed by atoms with Crippen LogP contribution in [0.15, 0.2) is 46.9 Å². The molecule has 18 heavy (non-hydrogen) atoms. The van der Waals surface area contributed by atoms with Gasteiger partial charge in [-0.2, -0.15) is 5.10 Å². The predicted octanol–water partition coefficient (Wildman–Crippen LogP) is 3.25. The van der Waals surface area contributed by atoms with Crippen molar-refractivity contribution < 1.29 is 4.74 Å². The molecule has 0 fully saturated rings. The Morgan fingerprint density at radius 1 is 1.22 bits per heavy atom. The van der Waals surface area contributed by atoms with Crippen LogP contribution in [0.25, 0.3) is 0 Å². The Balaban J connectivity index is 1.71. The van der Waals surface area contributed by atoms with Crippen molar-refractivity contribution in [2.75, 3.05) is 6.73 Å². The maximum atomic E-state index is 5.73. The summed E-state index contributed by atoms with van der Waals surface area (Å²) in [5, 5.41) is 8.84. The molecule has 3 nitrogen and oxygen atoms in total. The minimum Gasteiger partial charge on any atom is -0.471 e. The molecule has 0 spiro atoms. The fraction of sp³-hybridized carbons (Fsp3) is 0.214. The highest BCUT2D eigenvalue weighted by Gasteiger charge is 2.34. The lowest BCUT2D eigenvalue weighted by Crippen LogP contribution is -2.29. The first kappa shape index (κ1) is 10.1. The summed E-state index contributed by atoms with van der Waals surface area (Å²) in [5.74, 6) is 1.00. The van der Waals surface area contributed by atoms with Crippen LogP contribution in [0.2, 0.25) is 0 Å². The van der Waals surface area contributed by atoms with Crippen molar-refractivity contribution in [2.45, 2.75) is 12.5 Å². The quantitative estimate of drug-likeness (QED) is 0.782. The van der Waals surface area contributed by atoms with Gasteiger partial charge >= 0.3 is 0 Å². The molecule has 0 bridgehead atoms. The SMILES string of the molecule is c1csc(C2=NN3COc4ccccc4[C@H]3C2)c1. The van der Waals surface area contributed by atoms with Gasteiger partial charge in [0, 0.05) is 12.0 Å². The molecule has 90 valence electrons. The van der Waals surface area contributed by atoms with E-state index in [1.54, 1.807) is 11.3 Å². The second kappa shape index (κ2) is 3.85. The molecule has 1 atom stereocenters. The summed E-state index contributed by atoms with van der Waals surface area (Å²) in [6.45, 7) is 0.552. The van der Waals surface area contributed by atoms with Crippen molar-refractivity contribution in [3.05, 3.63) is 52.2 Å². The van der Waals surface area contributed by atoms with Crippen LogP contribution in [0.3, 0.4) is 0 Å². The lowest BCUT2D eigenvalue weighted by Gasteiger charge is -2.30. The van der Waals surface area contributed by atoms with Crippen molar-refractivity contribution in [1.82, 2.24) is 5.01 Å². The van der Waals surface area contributed by atoms with Gasteiger partial charge in [0.05, 0.1) is 16.6 Å². The number of hydrogen-bond donors (Lipinski definition) is 0. The smallest absolute Gasteiger partial charge is 0.177 e. The van der Waals surface area contributed by atoms with Crippen LogP contribution in [-0.4, -0.2) is 17.5 Å². The molecule has 0 N–H and O–H groups in total. The molecule has 4 heteroatoms. The van der Waals surface area contributed by atoms with E-state index >= 15 is 0 Å². The third kappa shape index (κ3) is 1.46. The maximum Gasteiger partial charge on any atom is 0.177 e. The van der Waals surface area contributed by atoms with Crippen molar-refractivity contribution in [2.24, 2.45) is 5.10 Å². The zero-order chi connectivity index (χ0) is 11.9. The minimum atomic E-state index is 0.340. The van der Waals surface area contributed by atoms with Gasteiger partial charge in [-0.15, -0.1) is 11.3 Å². The molecular formula is C14H12N2OS. The van der Waals surface area contributed by atoms with Gasteiger partial charge < -0.3 is 4.74 Å². The van der Waals surface area contributed by atoms with Gasteiger partial charge in [0.15, 0.2) is 6.73 Å². The Bertz CT molecular complexity index is 606. The summed E-state index contributed by atoms with van der Waals surface area (Å²) in [6.07, 6.45) is 0.973. The molecule has 0 saturated heterocycles. The van der Waals surface area contributed by atoms with E-state index < -0.39 is 0 Å². The number of hydrogen-bond acceptors (Lipinski definition) is 4. The topological polar surface area (TPSA) is 24.8 Å². The average Bonchev–Trinajstić information content (AvgIpc) is 3.07. The van der Waals surface area contributed by atoms with E-state index in [4.69, 9.17) is 4.74 Å². The number of benzene rings is 1. The van der Waals surface area contributed by atoms with Gasteiger partial charge in [-0.3, -0.25) is 5.01 Å². The predicted molar refractivity (Wildman–Crippen MR) is 72.0 cm³/mol. The molecule has 0 radical (unpaired) electrons. The number of nitrogens with zero attached hydrogens (tertiary/aromatic N) is 2. The summed E-state index contributed by atoms with van der Waals surface area (Å²) in [5.41, 5.74) is 2.43. The molecule has 0 unspecified atom stereocenters. The van der Waals surface area contributed by atoms with Crippen LogP contribution < -0.4 is 4.74 Å². The summed E-state index contributed by atoms with van der Waals surface area (Å²) < 4.78 is 5.73. The second-order valence-electron chi connectivity index (χ2n) is 4.49. The van der Waals surface area contributed by atoms with E-state index in [-0.39, 0.29) is 0 Å². The summed E-state index contributed by atoms with van der Waals surface area (Å²) in [6, 6.07) is 12.8. The first-order valence-electron chi connectivity index (χ1n) is 6.01. The minimum absolute atomic E-state index is 0.340. The van der Waals surface area contributed by atoms with E-state index in [0.717, 1.165) is 12.2 Å². The first-order valence-corrected chi connectivity index (χ1v) is 6.89. The van der Waals surface area contributed by atoms with Crippen molar-refractivity contribution in [3.8, 4) is 5.75 Å². The van der Waals surface area contributed by atoms with E-state index in [1.165, 1.54) is 16.2 Å². The van der Waals surface area contributed by atoms with Gasteiger partial charge in [-0.25, -0.2) is 0 Å². The summed E-state index contributed by atoms with van der Waals surface area (Å²) >= 11 is 1.75. The van der Waals surface area contributed by atoms with Crippen molar-refractivity contribution in [3.63, 3.8) is 0 Å². The Morgan fingerprint density at radius 3 is 3.06 bits per heavy atom. The second-order valence-corrected chi connectivity index (χ2v) is 5.44.